The minimum atomic E-state index is -0.849. The first-order valence-electron chi connectivity index (χ1n) is 5.89. The van der Waals surface area contributed by atoms with Gasteiger partial charge < -0.3 is 10.1 Å². The van der Waals surface area contributed by atoms with Gasteiger partial charge in [0.25, 0.3) is 0 Å². The Morgan fingerprint density at radius 3 is 2.89 bits per heavy atom. The lowest BCUT2D eigenvalue weighted by Gasteiger charge is -2.28. The number of fused-ring (bicyclic) bond motifs is 5. The van der Waals surface area contributed by atoms with E-state index in [1.807, 2.05) is 6.08 Å². The Labute approximate surface area is 104 Å². The van der Waals surface area contributed by atoms with Gasteiger partial charge in [-0.3, -0.25) is 19.3 Å². The number of hydrogen-bond donors (Lipinski definition) is 1. The molecule has 4 unspecified atom stereocenters. The minimum absolute atomic E-state index is 0.182. The fraction of sp³-hybridized carbons (Fsp3) is 0.583. The van der Waals surface area contributed by atoms with Gasteiger partial charge in [-0.15, -0.1) is 0 Å². The van der Waals surface area contributed by atoms with E-state index in [9.17, 15) is 14.4 Å². The van der Waals surface area contributed by atoms with Gasteiger partial charge in [-0.25, -0.2) is 0 Å². The molecule has 0 aromatic heterocycles. The van der Waals surface area contributed by atoms with E-state index in [-0.39, 0.29) is 30.4 Å². The molecule has 2 saturated heterocycles. The van der Waals surface area contributed by atoms with Crippen LogP contribution in [0.1, 0.15) is 6.92 Å². The van der Waals surface area contributed by atoms with Crippen molar-refractivity contribution in [2.24, 2.45) is 11.8 Å². The normalized spacial score (nSPS) is 40.6. The van der Waals surface area contributed by atoms with Gasteiger partial charge in [-0.2, -0.15) is 0 Å². The SMILES string of the molecule is CC(=O)NCC12C=CC(O1)C1C(=O)N(C)C(=O)C12. The van der Waals surface area contributed by atoms with Crippen molar-refractivity contribution in [2.75, 3.05) is 13.6 Å². The summed E-state index contributed by atoms with van der Waals surface area (Å²) in [5.41, 5.74) is -0.849. The number of carbonyl (C=O) groups is 3. The molecular weight excluding hydrogens is 236 g/mol. The fourth-order valence-corrected chi connectivity index (χ4v) is 3.11. The molecular formula is C12H14N2O4. The summed E-state index contributed by atoms with van der Waals surface area (Å²) in [5.74, 6) is -1.53. The van der Waals surface area contributed by atoms with E-state index in [0.717, 1.165) is 0 Å². The van der Waals surface area contributed by atoms with Crippen LogP contribution in [0.3, 0.4) is 0 Å². The highest BCUT2D eigenvalue weighted by atomic mass is 16.5. The number of likely N-dealkylation sites (tertiary alicyclic amines) is 1. The molecule has 4 atom stereocenters. The van der Waals surface area contributed by atoms with Crippen molar-refractivity contribution in [3.8, 4) is 0 Å². The Morgan fingerprint density at radius 1 is 1.50 bits per heavy atom. The van der Waals surface area contributed by atoms with Crippen LogP contribution in [0.5, 0.6) is 0 Å². The maximum Gasteiger partial charge on any atom is 0.236 e. The molecule has 3 aliphatic rings. The summed E-state index contributed by atoms with van der Waals surface area (Å²) in [6.45, 7) is 1.64. The van der Waals surface area contributed by atoms with Crippen LogP contribution < -0.4 is 5.32 Å². The number of ether oxygens (including phenoxy) is 1. The quantitative estimate of drug-likeness (QED) is 0.507. The summed E-state index contributed by atoms with van der Waals surface area (Å²) in [7, 11) is 1.49. The maximum atomic E-state index is 12.1. The summed E-state index contributed by atoms with van der Waals surface area (Å²) in [6, 6.07) is 0. The molecule has 3 amide bonds. The van der Waals surface area contributed by atoms with Gasteiger partial charge in [0.05, 0.1) is 24.5 Å². The van der Waals surface area contributed by atoms with Gasteiger partial charge in [0, 0.05) is 14.0 Å². The summed E-state index contributed by atoms with van der Waals surface area (Å²) in [5, 5.41) is 2.67. The summed E-state index contributed by atoms with van der Waals surface area (Å²) >= 11 is 0. The van der Waals surface area contributed by atoms with E-state index < -0.39 is 17.4 Å². The highest BCUT2D eigenvalue weighted by molar-refractivity contribution is 6.07. The largest absolute Gasteiger partial charge is 0.360 e. The van der Waals surface area contributed by atoms with E-state index in [1.165, 1.54) is 18.9 Å². The van der Waals surface area contributed by atoms with E-state index in [0.29, 0.717) is 0 Å². The lowest BCUT2D eigenvalue weighted by Crippen LogP contribution is -2.48. The van der Waals surface area contributed by atoms with Crippen LogP contribution in [0.15, 0.2) is 12.2 Å². The van der Waals surface area contributed by atoms with E-state index in [1.54, 1.807) is 6.08 Å². The van der Waals surface area contributed by atoms with Gasteiger partial charge in [-0.05, 0) is 0 Å². The molecule has 2 fully saturated rings. The molecule has 2 bridgehead atoms. The average molecular weight is 250 g/mol. The van der Waals surface area contributed by atoms with Crippen LogP contribution in [0.4, 0.5) is 0 Å². The van der Waals surface area contributed by atoms with Crippen molar-refractivity contribution in [3.63, 3.8) is 0 Å². The van der Waals surface area contributed by atoms with Crippen LogP contribution in [0, 0.1) is 11.8 Å². The Bertz CT molecular complexity index is 486. The first kappa shape index (κ1) is 11.4. The standard InChI is InChI=1S/C12H14N2O4/c1-6(15)13-5-12-4-3-7(18-12)8-9(12)11(17)14(2)10(8)16/h3-4,7-9H,5H2,1-2H3,(H,13,15). The van der Waals surface area contributed by atoms with Gasteiger partial charge in [0.15, 0.2) is 0 Å². The highest BCUT2D eigenvalue weighted by Gasteiger charge is 2.66. The zero-order valence-corrected chi connectivity index (χ0v) is 10.2. The number of carbonyl (C=O) groups excluding carboxylic acids is 3. The number of amides is 3. The lowest BCUT2D eigenvalue weighted by molar-refractivity contribution is -0.142. The summed E-state index contributed by atoms with van der Waals surface area (Å²) < 4.78 is 5.77. The van der Waals surface area contributed by atoms with Crippen LogP contribution in [0.25, 0.3) is 0 Å². The molecule has 0 radical (unpaired) electrons. The van der Waals surface area contributed by atoms with Crippen molar-refractivity contribution in [2.45, 2.75) is 18.6 Å². The van der Waals surface area contributed by atoms with Crippen LogP contribution in [0.2, 0.25) is 0 Å². The second kappa shape index (κ2) is 3.41. The Hall–Kier alpha value is -1.69. The van der Waals surface area contributed by atoms with Crippen molar-refractivity contribution in [3.05, 3.63) is 12.2 Å². The number of nitrogens with zero attached hydrogens (tertiary/aromatic N) is 1. The van der Waals surface area contributed by atoms with Gasteiger partial charge in [-0.1, -0.05) is 12.2 Å². The van der Waals surface area contributed by atoms with Gasteiger partial charge >= 0.3 is 0 Å². The molecule has 0 aromatic carbocycles. The molecule has 1 N–H and O–H groups in total. The first-order valence-corrected chi connectivity index (χ1v) is 5.89. The molecule has 6 nitrogen and oxygen atoms in total. The number of nitrogens with one attached hydrogen (secondary N) is 1. The summed E-state index contributed by atoms with van der Waals surface area (Å²) in [6.07, 6.45) is 3.28. The van der Waals surface area contributed by atoms with E-state index in [4.69, 9.17) is 4.74 Å². The Kier molecular flexibility index (Phi) is 2.16. The second-order valence-corrected chi connectivity index (χ2v) is 5.05. The molecule has 0 spiro atoms. The zero-order chi connectivity index (χ0) is 13.1. The molecule has 0 aromatic rings. The van der Waals surface area contributed by atoms with Crippen LogP contribution in [-0.2, 0) is 19.1 Å². The molecule has 3 heterocycles. The van der Waals surface area contributed by atoms with Gasteiger partial charge in [0.2, 0.25) is 17.7 Å². The fourth-order valence-electron chi connectivity index (χ4n) is 3.11. The topological polar surface area (TPSA) is 75.7 Å². The monoisotopic (exact) mass is 250 g/mol. The lowest BCUT2D eigenvalue weighted by atomic mass is 9.77. The van der Waals surface area contributed by atoms with Crippen molar-refractivity contribution >= 4 is 17.7 Å². The van der Waals surface area contributed by atoms with Crippen LogP contribution in [-0.4, -0.2) is 47.9 Å². The minimum Gasteiger partial charge on any atom is -0.360 e. The molecule has 3 rings (SSSR count). The molecule has 0 aliphatic carbocycles. The van der Waals surface area contributed by atoms with E-state index >= 15 is 0 Å². The summed E-state index contributed by atoms with van der Waals surface area (Å²) in [4.78, 5) is 36.3. The molecule has 6 heteroatoms. The molecule has 96 valence electrons. The first-order chi connectivity index (χ1) is 8.46. The number of imide groups is 1. The molecule has 3 aliphatic heterocycles. The molecule has 18 heavy (non-hydrogen) atoms. The van der Waals surface area contributed by atoms with Crippen molar-refractivity contribution < 1.29 is 19.1 Å². The average Bonchev–Trinajstić information content (AvgIpc) is 2.95. The third-order valence-corrected chi connectivity index (χ3v) is 3.99. The highest BCUT2D eigenvalue weighted by Crippen LogP contribution is 2.51. The molecule has 0 saturated carbocycles. The smallest absolute Gasteiger partial charge is 0.236 e. The third kappa shape index (κ3) is 1.23. The van der Waals surface area contributed by atoms with Crippen molar-refractivity contribution in [1.29, 1.82) is 0 Å². The number of rotatable bonds is 2. The van der Waals surface area contributed by atoms with Crippen molar-refractivity contribution in [1.82, 2.24) is 10.2 Å². The van der Waals surface area contributed by atoms with Crippen LogP contribution >= 0.6 is 0 Å². The Balaban J connectivity index is 1.93. The maximum absolute atomic E-state index is 12.1. The zero-order valence-electron chi connectivity index (χ0n) is 10.2. The second-order valence-electron chi connectivity index (χ2n) is 5.05. The number of hydrogen-bond acceptors (Lipinski definition) is 4. The predicted molar refractivity (Wildman–Crippen MR) is 60.2 cm³/mol. The van der Waals surface area contributed by atoms with E-state index in [2.05, 4.69) is 5.32 Å². The third-order valence-electron chi connectivity index (χ3n) is 3.99. The van der Waals surface area contributed by atoms with Gasteiger partial charge in [0.1, 0.15) is 5.60 Å². The Morgan fingerprint density at radius 2 is 2.22 bits per heavy atom. The predicted octanol–water partition coefficient (Wildman–Crippen LogP) is -0.939.